The summed E-state index contributed by atoms with van der Waals surface area (Å²) in [5.74, 6) is -1.54. The van der Waals surface area contributed by atoms with Crippen molar-refractivity contribution in [2.24, 2.45) is 28.6 Å². The summed E-state index contributed by atoms with van der Waals surface area (Å²) >= 11 is 0.510. The number of fused-ring (bicyclic) bond motifs is 6. The largest absolute Gasteiger partial charge is 0.457 e. The Labute approximate surface area is 263 Å². The number of carbonyl (C=O) groups excluding carboxylic acids is 2. The lowest BCUT2D eigenvalue weighted by Gasteiger charge is -2.60. The molecule has 11 heteroatoms. The minimum atomic E-state index is -1.60. The van der Waals surface area contributed by atoms with Gasteiger partial charge in [-0.2, -0.15) is 5.10 Å². The average Bonchev–Trinajstić information content (AvgIpc) is 3.75. The van der Waals surface area contributed by atoms with Crippen LogP contribution in [0.3, 0.4) is 0 Å². The Bertz CT molecular complexity index is 1690. The number of aromatic nitrogens is 2. The van der Waals surface area contributed by atoms with E-state index in [4.69, 9.17) is 9.15 Å². The number of ether oxygens (including phenoxy) is 1. The molecule has 3 aromatic rings. The van der Waals surface area contributed by atoms with Crippen LogP contribution in [0.25, 0.3) is 11.8 Å². The first kappa shape index (κ1) is 30.3. The molecule has 0 radical (unpaired) electrons. The number of furan rings is 1. The van der Waals surface area contributed by atoms with E-state index in [1.165, 1.54) is 30.0 Å². The summed E-state index contributed by atoms with van der Waals surface area (Å²) < 4.78 is 54.0. The second-order valence-electron chi connectivity index (χ2n) is 13.4. The number of esters is 1. The minimum Gasteiger partial charge on any atom is -0.457 e. The molecule has 238 valence electrons. The van der Waals surface area contributed by atoms with Crippen LogP contribution in [-0.2, 0) is 22.6 Å². The van der Waals surface area contributed by atoms with Gasteiger partial charge >= 0.3 is 5.97 Å². The second-order valence-corrected chi connectivity index (χ2v) is 14.3. The zero-order valence-corrected chi connectivity index (χ0v) is 25.9. The smallest absolute Gasteiger partial charge is 0.375 e. The molecule has 2 aromatic heterocycles. The van der Waals surface area contributed by atoms with Gasteiger partial charge in [-0.25, -0.2) is 22.6 Å². The maximum absolute atomic E-state index is 14.0. The number of aliphatic hydroxyl groups excluding tert-OH is 1. The van der Waals surface area contributed by atoms with Gasteiger partial charge in [0.15, 0.2) is 5.60 Å². The summed E-state index contributed by atoms with van der Waals surface area (Å²) in [4.78, 5) is 26.9. The van der Waals surface area contributed by atoms with E-state index in [-0.39, 0.29) is 41.9 Å². The van der Waals surface area contributed by atoms with Crippen LogP contribution < -0.4 is 0 Å². The first-order valence-corrected chi connectivity index (χ1v) is 16.4. The van der Waals surface area contributed by atoms with Crippen molar-refractivity contribution in [1.29, 1.82) is 0 Å². The van der Waals surface area contributed by atoms with E-state index in [9.17, 15) is 27.9 Å². The van der Waals surface area contributed by atoms with Crippen LogP contribution in [0.5, 0.6) is 0 Å². The number of hydrogen-bond acceptors (Lipinski definition) is 7. The molecular formula is C34H35F3N2O5S. The van der Waals surface area contributed by atoms with Crippen LogP contribution in [0, 0.1) is 34.4 Å². The highest BCUT2D eigenvalue weighted by molar-refractivity contribution is 8.13. The maximum Gasteiger partial charge on any atom is 0.375 e. The molecule has 4 aliphatic carbocycles. The number of alkyl halides is 2. The zero-order valence-electron chi connectivity index (χ0n) is 25.1. The van der Waals surface area contributed by atoms with Crippen LogP contribution >= 0.6 is 11.8 Å². The van der Waals surface area contributed by atoms with Crippen molar-refractivity contribution in [2.75, 3.05) is 6.01 Å². The zero-order chi connectivity index (χ0) is 31.7. The fourth-order valence-electron chi connectivity index (χ4n) is 9.49. The van der Waals surface area contributed by atoms with E-state index in [0.717, 1.165) is 24.1 Å². The van der Waals surface area contributed by atoms with E-state index in [2.05, 4.69) is 18.1 Å². The number of allylic oxidation sites excluding steroid dienone is 1. The Morgan fingerprint density at radius 3 is 2.78 bits per heavy atom. The summed E-state index contributed by atoms with van der Waals surface area (Å²) in [6.07, 6.45) is 7.67. The Hall–Kier alpha value is -3.31. The van der Waals surface area contributed by atoms with Crippen molar-refractivity contribution in [1.82, 2.24) is 9.78 Å². The highest BCUT2D eigenvalue weighted by Crippen LogP contribution is 2.69. The van der Waals surface area contributed by atoms with Gasteiger partial charge in [-0.15, -0.1) is 0 Å². The predicted octanol–water partition coefficient (Wildman–Crippen LogP) is 7.01. The lowest BCUT2D eigenvalue weighted by molar-refractivity contribution is -0.175. The Kier molecular flexibility index (Phi) is 7.35. The van der Waals surface area contributed by atoms with Crippen LogP contribution in [-0.4, -0.2) is 43.7 Å². The van der Waals surface area contributed by atoms with Gasteiger partial charge in [-0.3, -0.25) is 4.79 Å². The fourth-order valence-corrected chi connectivity index (χ4v) is 10.2. The lowest BCUT2D eigenvalue weighted by Crippen LogP contribution is -2.62. The average molecular weight is 641 g/mol. The second kappa shape index (κ2) is 10.9. The van der Waals surface area contributed by atoms with Gasteiger partial charge in [0, 0.05) is 11.0 Å². The van der Waals surface area contributed by atoms with E-state index in [1.807, 2.05) is 6.92 Å². The van der Waals surface area contributed by atoms with Gasteiger partial charge in [0.05, 0.1) is 29.9 Å². The van der Waals surface area contributed by atoms with Crippen molar-refractivity contribution >= 4 is 28.9 Å². The number of hydrogen-bond donors (Lipinski definition) is 1. The fraction of sp³-hybridized carbons (Fsp3) is 0.500. The van der Waals surface area contributed by atoms with Crippen LogP contribution in [0.4, 0.5) is 13.2 Å². The molecule has 7 rings (SSSR count). The predicted molar refractivity (Wildman–Crippen MR) is 161 cm³/mol. The summed E-state index contributed by atoms with van der Waals surface area (Å²) in [6, 6.07) is 6.40. The van der Waals surface area contributed by atoms with Gasteiger partial charge in [0.25, 0.3) is 0 Å². The molecule has 0 aliphatic heterocycles. The molecule has 0 bridgehead atoms. The summed E-state index contributed by atoms with van der Waals surface area (Å²) in [5.41, 5.74) is 0.683. The minimum absolute atomic E-state index is 0.0233. The number of nitrogens with zero attached hydrogens (tertiary/aromatic N) is 2. The highest BCUT2D eigenvalue weighted by atomic mass is 32.2. The number of halogens is 3. The first-order valence-electron chi connectivity index (χ1n) is 15.4. The third-order valence-corrected chi connectivity index (χ3v) is 12.2. The van der Waals surface area contributed by atoms with E-state index in [1.54, 1.807) is 23.0 Å². The number of carbonyl (C=O) groups is 2. The van der Waals surface area contributed by atoms with Crippen molar-refractivity contribution in [3.05, 3.63) is 76.8 Å². The number of aliphatic hydroxyl groups is 1. The normalized spacial score (nSPS) is 33.4. The standard InChI is InChI=1S/C34H35F3N2O5S/c1-32-14-20-17-38-39(22-6-8-25(37)19(12-22)16-35)26(20)13-21(32)5-7-23-24-9-10-34(31(42)45-18-36,33(24,2)15-27(40)29(23)32)44-30(41)28-4-3-11-43-28/h3-4,6,8,11-13,17,23-24,27,29,40H,5,7,9-10,14-16,18H2,1-2H3/t23-,24-,27-,29+,32-,33-,34-/m0/s1. The molecule has 1 N–H and O–H groups in total. The molecule has 3 fully saturated rings. The molecule has 0 spiro atoms. The van der Waals surface area contributed by atoms with Crippen molar-refractivity contribution in [3.8, 4) is 5.69 Å². The van der Waals surface area contributed by atoms with Gasteiger partial charge in [0.1, 0.15) is 18.5 Å². The van der Waals surface area contributed by atoms with Crippen LogP contribution in [0.1, 0.15) is 73.3 Å². The van der Waals surface area contributed by atoms with E-state index >= 15 is 0 Å². The number of benzene rings is 1. The van der Waals surface area contributed by atoms with E-state index in [0.29, 0.717) is 30.3 Å². The Morgan fingerprint density at radius 2 is 2.04 bits per heavy atom. The Morgan fingerprint density at radius 1 is 1.22 bits per heavy atom. The molecule has 7 nitrogen and oxygen atoms in total. The van der Waals surface area contributed by atoms with Gasteiger partial charge < -0.3 is 14.3 Å². The molecule has 2 heterocycles. The molecule has 1 aromatic carbocycles. The van der Waals surface area contributed by atoms with Crippen molar-refractivity contribution < 1.29 is 37.0 Å². The molecule has 3 saturated carbocycles. The topological polar surface area (TPSA) is 94.6 Å². The number of thioether (sulfide) groups is 1. The van der Waals surface area contributed by atoms with Gasteiger partial charge in [-0.05, 0) is 115 Å². The van der Waals surface area contributed by atoms with Crippen LogP contribution in [0.2, 0.25) is 0 Å². The summed E-state index contributed by atoms with van der Waals surface area (Å²) in [5, 5.41) is 16.1. The quantitative estimate of drug-likeness (QED) is 0.290. The van der Waals surface area contributed by atoms with Crippen molar-refractivity contribution in [2.45, 2.75) is 70.8 Å². The summed E-state index contributed by atoms with van der Waals surface area (Å²) in [6.45, 7) is 3.19. The summed E-state index contributed by atoms with van der Waals surface area (Å²) in [7, 11) is 0. The SMILES string of the molecule is C[C@]12Cc3cnn(-c4ccc(F)c(CF)c4)c3C=C1CC[C@@H]1[C@@H]2[C@@H](O)C[C@@]2(C)[C@H]1CC[C@]2(OC(=O)c1ccco1)C(=O)SCF. The van der Waals surface area contributed by atoms with Crippen molar-refractivity contribution in [3.63, 3.8) is 0 Å². The lowest BCUT2D eigenvalue weighted by atomic mass is 9.45. The third kappa shape index (κ3) is 4.40. The molecule has 7 atom stereocenters. The molecule has 0 amide bonds. The highest BCUT2D eigenvalue weighted by Gasteiger charge is 2.70. The number of rotatable bonds is 6. The van der Waals surface area contributed by atoms with Gasteiger partial charge in [0.2, 0.25) is 10.9 Å². The first-order chi connectivity index (χ1) is 21.6. The molecule has 0 saturated heterocycles. The Balaban J connectivity index is 1.23. The van der Waals surface area contributed by atoms with Gasteiger partial charge in [-0.1, -0.05) is 19.4 Å². The van der Waals surface area contributed by atoms with Crippen LogP contribution in [0.15, 0.2) is 52.8 Å². The molecular weight excluding hydrogens is 605 g/mol. The third-order valence-electron chi connectivity index (χ3n) is 11.5. The molecule has 4 aliphatic rings. The van der Waals surface area contributed by atoms with E-state index < -0.39 is 52.1 Å². The monoisotopic (exact) mass is 640 g/mol. The molecule has 45 heavy (non-hydrogen) atoms. The maximum atomic E-state index is 14.0. The molecule has 0 unspecified atom stereocenters.